The first-order valence-corrected chi connectivity index (χ1v) is 12.8. The normalized spacial score (nSPS) is 14.7. The van der Waals surface area contributed by atoms with Gasteiger partial charge >= 0.3 is 6.18 Å². The minimum absolute atomic E-state index is 0.0428. The van der Waals surface area contributed by atoms with Gasteiger partial charge in [-0.15, -0.1) is 0 Å². The Hall–Kier alpha value is -2.87. The summed E-state index contributed by atoms with van der Waals surface area (Å²) in [7, 11) is 0. The quantitative estimate of drug-likeness (QED) is 0.360. The van der Waals surface area contributed by atoms with E-state index in [1.165, 1.54) is 12.5 Å². The van der Waals surface area contributed by atoms with Crippen molar-refractivity contribution in [2.75, 3.05) is 11.4 Å². The van der Waals surface area contributed by atoms with Gasteiger partial charge in [-0.25, -0.2) is 9.97 Å². The summed E-state index contributed by atoms with van der Waals surface area (Å²) in [5.41, 5.74) is 0.466. The zero-order valence-corrected chi connectivity index (χ0v) is 21.0. The van der Waals surface area contributed by atoms with E-state index in [9.17, 15) is 18.0 Å². The number of fused-ring (bicyclic) bond motifs is 1. The standard InChI is InChI=1S/C27H30ClF3N4O/c1-2-24-33-23-16-20(28)11-12-22(23)26(34-24)35(21-9-4-3-5-10-21)14-13-25(36)32-17-18-7-6-8-19(15-18)27(29,30)31/h6-8,11-12,15-16,21H,2-5,9-10,13-14,17H2,1H3,(H,32,36). The number of nitrogens with one attached hydrogen (secondary N) is 1. The predicted octanol–water partition coefficient (Wildman–Crippen LogP) is 6.71. The Morgan fingerprint density at radius 3 is 2.61 bits per heavy atom. The second-order valence-electron chi connectivity index (χ2n) is 9.19. The van der Waals surface area contributed by atoms with Crippen molar-refractivity contribution in [1.82, 2.24) is 15.3 Å². The minimum Gasteiger partial charge on any atom is -0.352 e. The van der Waals surface area contributed by atoms with Crippen molar-refractivity contribution < 1.29 is 18.0 Å². The van der Waals surface area contributed by atoms with Gasteiger partial charge in [0.2, 0.25) is 5.91 Å². The average molecular weight is 519 g/mol. The Labute approximate surface area is 214 Å². The predicted molar refractivity (Wildman–Crippen MR) is 136 cm³/mol. The fourth-order valence-electron chi connectivity index (χ4n) is 4.73. The number of carbonyl (C=O) groups excluding carboxylic acids is 1. The van der Waals surface area contributed by atoms with Crippen LogP contribution in [0.3, 0.4) is 0 Å². The third kappa shape index (κ3) is 6.46. The van der Waals surface area contributed by atoms with Crippen LogP contribution in [0.5, 0.6) is 0 Å². The number of hydrogen-bond donors (Lipinski definition) is 1. The lowest BCUT2D eigenvalue weighted by atomic mass is 9.93. The largest absolute Gasteiger partial charge is 0.416 e. The molecule has 1 N–H and O–H groups in total. The first-order valence-electron chi connectivity index (χ1n) is 12.4. The second-order valence-corrected chi connectivity index (χ2v) is 9.62. The van der Waals surface area contributed by atoms with Gasteiger partial charge < -0.3 is 10.2 Å². The summed E-state index contributed by atoms with van der Waals surface area (Å²) in [6, 6.07) is 10.9. The van der Waals surface area contributed by atoms with Crippen molar-refractivity contribution in [3.05, 3.63) is 64.4 Å². The highest BCUT2D eigenvalue weighted by Crippen LogP contribution is 2.32. The number of aromatic nitrogens is 2. The number of anilines is 1. The molecule has 0 unspecified atom stereocenters. The van der Waals surface area contributed by atoms with E-state index in [0.717, 1.165) is 60.4 Å². The molecule has 1 aliphatic carbocycles. The van der Waals surface area contributed by atoms with Crippen molar-refractivity contribution in [2.45, 2.75) is 70.6 Å². The maximum absolute atomic E-state index is 13.0. The van der Waals surface area contributed by atoms with E-state index in [0.29, 0.717) is 23.6 Å². The van der Waals surface area contributed by atoms with Gasteiger partial charge in [0.25, 0.3) is 0 Å². The van der Waals surface area contributed by atoms with Crippen molar-refractivity contribution in [3.8, 4) is 0 Å². The summed E-state index contributed by atoms with van der Waals surface area (Å²) in [5, 5.41) is 4.27. The topological polar surface area (TPSA) is 58.1 Å². The monoisotopic (exact) mass is 518 g/mol. The molecule has 1 aliphatic rings. The third-order valence-corrected chi connectivity index (χ3v) is 6.85. The molecule has 4 rings (SSSR count). The zero-order valence-electron chi connectivity index (χ0n) is 20.2. The van der Waals surface area contributed by atoms with E-state index in [1.807, 2.05) is 25.1 Å². The van der Waals surface area contributed by atoms with Crippen LogP contribution in [-0.2, 0) is 23.9 Å². The molecule has 0 saturated heterocycles. The first kappa shape index (κ1) is 26.2. The van der Waals surface area contributed by atoms with E-state index in [-0.39, 0.29) is 24.9 Å². The van der Waals surface area contributed by atoms with Gasteiger partial charge in [0.15, 0.2) is 0 Å². The molecule has 5 nitrogen and oxygen atoms in total. The molecule has 2 aromatic carbocycles. The summed E-state index contributed by atoms with van der Waals surface area (Å²) in [6.45, 7) is 2.50. The van der Waals surface area contributed by atoms with Gasteiger partial charge in [-0.3, -0.25) is 4.79 Å². The van der Waals surface area contributed by atoms with Crippen LogP contribution in [0.25, 0.3) is 10.9 Å². The van der Waals surface area contributed by atoms with E-state index in [1.54, 1.807) is 6.07 Å². The molecular weight excluding hydrogens is 489 g/mol. The molecule has 0 bridgehead atoms. The van der Waals surface area contributed by atoms with Crippen molar-refractivity contribution in [2.24, 2.45) is 0 Å². The molecule has 3 aromatic rings. The molecule has 1 aromatic heterocycles. The minimum atomic E-state index is -4.41. The number of benzene rings is 2. The molecule has 1 saturated carbocycles. The summed E-state index contributed by atoms with van der Waals surface area (Å²) < 4.78 is 39.0. The van der Waals surface area contributed by atoms with E-state index < -0.39 is 11.7 Å². The Bertz CT molecular complexity index is 1210. The van der Waals surface area contributed by atoms with Gasteiger partial charge in [-0.1, -0.05) is 49.9 Å². The van der Waals surface area contributed by atoms with Gasteiger partial charge in [0, 0.05) is 42.4 Å². The first-order chi connectivity index (χ1) is 17.2. The number of carbonyl (C=O) groups is 1. The zero-order chi connectivity index (χ0) is 25.7. The number of aryl methyl sites for hydroxylation is 1. The Morgan fingerprint density at radius 1 is 1.11 bits per heavy atom. The Balaban J connectivity index is 1.52. The van der Waals surface area contributed by atoms with Gasteiger partial charge in [0.05, 0.1) is 11.1 Å². The number of rotatable bonds is 8. The van der Waals surface area contributed by atoms with Crippen LogP contribution in [0, 0.1) is 0 Å². The van der Waals surface area contributed by atoms with Crippen LogP contribution in [0.15, 0.2) is 42.5 Å². The Kier molecular flexibility index (Phi) is 8.34. The molecule has 1 amide bonds. The van der Waals surface area contributed by atoms with Crippen molar-refractivity contribution in [1.29, 1.82) is 0 Å². The molecule has 0 atom stereocenters. The number of halogens is 4. The summed E-state index contributed by atoms with van der Waals surface area (Å²) in [4.78, 5) is 24.5. The molecule has 9 heteroatoms. The van der Waals surface area contributed by atoms with Crippen LogP contribution < -0.4 is 10.2 Å². The summed E-state index contributed by atoms with van der Waals surface area (Å²) in [5.74, 6) is 1.31. The smallest absolute Gasteiger partial charge is 0.352 e. The van der Waals surface area contributed by atoms with Crippen LogP contribution in [0.1, 0.15) is 62.4 Å². The summed E-state index contributed by atoms with van der Waals surface area (Å²) >= 11 is 6.23. The average Bonchev–Trinajstić information content (AvgIpc) is 2.87. The molecule has 192 valence electrons. The molecule has 1 fully saturated rings. The number of nitrogens with zero attached hydrogens (tertiary/aromatic N) is 3. The van der Waals surface area contributed by atoms with Crippen LogP contribution >= 0.6 is 11.6 Å². The van der Waals surface area contributed by atoms with Crippen LogP contribution in [-0.4, -0.2) is 28.5 Å². The number of alkyl halides is 3. The summed E-state index contributed by atoms with van der Waals surface area (Å²) in [6.07, 6.45) is 1.95. The van der Waals surface area contributed by atoms with E-state index in [4.69, 9.17) is 16.6 Å². The molecule has 0 radical (unpaired) electrons. The van der Waals surface area contributed by atoms with Crippen molar-refractivity contribution >= 4 is 34.2 Å². The van der Waals surface area contributed by atoms with E-state index >= 15 is 0 Å². The second kappa shape index (κ2) is 11.5. The lowest BCUT2D eigenvalue weighted by molar-refractivity contribution is -0.137. The van der Waals surface area contributed by atoms with Gasteiger partial charge in [0.1, 0.15) is 11.6 Å². The maximum Gasteiger partial charge on any atom is 0.416 e. The molecule has 36 heavy (non-hydrogen) atoms. The fraction of sp³-hybridized carbons (Fsp3) is 0.444. The Morgan fingerprint density at radius 2 is 1.89 bits per heavy atom. The highest BCUT2D eigenvalue weighted by atomic mass is 35.5. The molecular formula is C27H30ClF3N4O. The van der Waals surface area contributed by atoms with Gasteiger partial charge in [-0.2, -0.15) is 13.2 Å². The molecule has 0 aliphatic heterocycles. The van der Waals surface area contributed by atoms with Crippen LogP contribution in [0.4, 0.5) is 19.0 Å². The third-order valence-electron chi connectivity index (χ3n) is 6.61. The number of hydrogen-bond acceptors (Lipinski definition) is 4. The lowest BCUT2D eigenvalue weighted by Gasteiger charge is -2.36. The van der Waals surface area contributed by atoms with E-state index in [2.05, 4.69) is 15.2 Å². The molecule has 0 spiro atoms. The highest BCUT2D eigenvalue weighted by molar-refractivity contribution is 6.31. The molecule has 1 heterocycles. The highest BCUT2D eigenvalue weighted by Gasteiger charge is 2.30. The SMILES string of the molecule is CCc1nc(N(CCC(=O)NCc2cccc(C(F)(F)F)c2)C2CCCCC2)c2ccc(Cl)cc2n1. The lowest BCUT2D eigenvalue weighted by Crippen LogP contribution is -2.40. The fourth-order valence-corrected chi connectivity index (χ4v) is 4.90. The maximum atomic E-state index is 13.0. The van der Waals surface area contributed by atoms with Crippen molar-refractivity contribution in [3.63, 3.8) is 0 Å². The van der Waals surface area contributed by atoms with Gasteiger partial charge in [-0.05, 0) is 48.7 Å². The van der Waals surface area contributed by atoms with Crippen LogP contribution in [0.2, 0.25) is 5.02 Å². The number of amides is 1.